The number of aromatic nitrogens is 1. The zero-order chi connectivity index (χ0) is 19.9. The highest BCUT2D eigenvalue weighted by Gasteiger charge is 2.19. The first-order chi connectivity index (χ1) is 12.3. The molecule has 140 valence electrons. The fourth-order valence-corrected chi connectivity index (χ4v) is 3.10. The van der Waals surface area contributed by atoms with E-state index in [1.807, 2.05) is 6.92 Å². The van der Waals surface area contributed by atoms with Gasteiger partial charge in [-0.3, -0.25) is 0 Å². The Kier molecular flexibility index (Phi) is 8.07. The summed E-state index contributed by atoms with van der Waals surface area (Å²) in [5.41, 5.74) is 0.0163. The van der Waals surface area contributed by atoms with Gasteiger partial charge < -0.3 is 9.30 Å². The van der Waals surface area contributed by atoms with Crippen LogP contribution >= 0.6 is 0 Å². The fraction of sp³-hybridized carbons (Fsp3) is 0.316. The standard InChI is InChI=1S/C19H22FNO4S/c1-6-10-13-12-15(19(22)25-9-4)21(5)18(13)17(20)14(8-3)16(11-7-2)26(23)24/h2,8,10-12,26H,6,9H2,1,3-5H3/b13-10-,14-8+,16-11+,18-17+. The van der Waals surface area contributed by atoms with E-state index in [0.717, 1.165) is 6.08 Å². The van der Waals surface area contributed by atoms with Crippen molar-refractivity contribution in [3.63, 3.8) is 0 Å². The first-order valence-corrected chi connectivity index (χ1v) is 9.22. The Hall–Kier alpha value is -2.59. The summed E-state index contributed by atoms with van der Waals surface area (Å²) >= 11 is 0. The number of carbonyl (C=O) groups excluding carboxylic acids is 1. The van der Waals surface area contributed by atoms with Gasteiger partial charge in [0.05, 0.1) is 16.9 Å². The van der Waals surface area contributed by atoms with Gasteiger partial charge in [0.2, 0.25) is 0 Å². The number of hydrogen-bond acceptors (Lipinski definition) is 4. The minimum atomic E-state index is -3.10. The number of halogens is 1. The molecule has 0 saturated heterocycles. The molecule has 1 aromatic rings. The zero-order valence-corrected chi connectivity index (χ0v) is 16.1. The molecule has 0 N–H and O–H groups in total. The second kappa shape index (κ2) is 9.78. The maximum absolute atomic E-state index is 15.3. The molecule has 1 aromatic heterocycles. The summed E-state index contributed by atoms with van der Waals surface area (Å²) < 4.78 is 44.6. The van der Waals surface area contributed by atoms with E-state index in [-0.39, 0.29) is 28.1 Å². The van der Waals surface area contributed by atoms with E-state index in [1.165, 1.54) is 30.7 Å². The number of nitrogens with zero attached hydrogens (tertiary/aromatic N) is 1. The Morgan fingerprint density at radius 3 is 2.54 bits per heavy atom. The maximum atomic E-state index is 15.3. The highest BCUT2D eigenvalue weighted by atomic mass is 32.2. The van der Waals surface area contributed by atoms with Crippen LogP contribution in [0.2, 0.25) is 0 Å². The quantitative estimate of drug-likeness (QED) is 0.353. The van der Waals surface area contributed by atoms with E-state index in [4.69, 9.17) is 11.2 Å². The zero-order valence-electron chi connectivity index (χ0n) is 15.2. The molecule has 0 fully saturated rings. The van der Waals surface area contributed by atoms with Crippen molar-refractivity contribution in [2.45, 2.75) is 27.2 Å². The largest absolute Gasteiger partial charge is 0.461 e. The molecule has 26 heavy (non-hydrogen) atoms. The van der Waals surface area contributed by atoms with Crippen LogP contribution in [0.5, 0.6) is 0 Å². The molecular weight excluding hydrogens is 357 g/mol. The Morgan fingerprint density at radius 1 is 1.42 bits per heavy atom. The second-order valence-corrected chi connectivity index (χ2v) is 6.19. The molecule has 0 saturated carbocycles. The van der Waals surface area contributed by atoms with Gasteiger partial charge in [-0.2, -0.15) is 0 Å². The van der Waals surface area contributed by atoms with E-state index in [9.17, 15) is 13.2 Å². The second-order valence-electron chi connectivity index (χ2n) is 5.20. The smallest absolute Gasteiger partial charge is 0.354 e. The van der Waals surface area contributed by atoms with Crippen molar-refractivity contribution in [1.29, 1.82) is 0 Å². The molecule has 0 aliphatic heterocycles. The van der Waals surface area contributed by atoms with Crippen LogP contribution in [0.15, 0.2) is 28.7 Å². The van der Waals surface area contributed by atoms with E-state index >= 15 is 4.39 Å². The fourth-order valence-electron chi connectivity index (χ4n) is 2.50. The summed E-state index contributed by atoms with van der Waals surface area (Å²) in [7, 11) is -1.58. The lowest BCUT2D eigenvalue weighted by Crippen LogP contribution is -2.31. The van der Waals surface area contributed by atoms with Crippen LogP contribution in [0.25, 0.3) is 11.9 Å². The number of hydrogen-bond donors (Lipinski definition) is 1. The number of allylic oxidation sites excluding steroid dienone is 3. The van der Waals surface area contributed by atoms with Crippen LogP contribution in [-0.2, 0) is 22.5 Å². The molecule has 0 spiro atoms. The molecule has 0 amide bonds. The molecule has 0 aliphatic rings. The van der Waals surface area contributed by atoms with Crippen LogP contribution in [0.4, 0.5) is 4.39 Å². The molecule has 0 unspecified atom stereocenters. The van der Waals surface area contributed by atoms with Crippen LogP contribution in [-0.4, -0.2) is 25.6 Å². The molecule has 1 rings (SSSR count). The number of terminal acetylenes is 1. The van der Waals surface area contributed by atoms with Crippen LogP contribution in [0, 0.1) is 12.3 Å². The van der Waals surface area contributed by atoms with Gasteiger partial charge in [-0.25, -0.2) is 17.6 Å². The number of esters is 1. The highest BCUT2D eigenvalue weighted by molar-refractivity contribution is 7.77. The normalized spacial score (nSPS) is 14.4. The van der Waals surface area contributed by atoms with Gasteiger partial charge in [0.1, 0.15) is 5.69 Å². The number of thiol groups is 1. The van der Waals surface area contributed by atoms with Crippen molar-refractivity contribution in [3.8, 4) is 12.3 Å². The van der Waals surface area contributed by atoms with Gasteiger partial charge in [0.25, 0.3) is 0 Å². The summed E-state index contributed by atoms with van der Waals surface area (Å²) in [6, 6.07) is 1.52. The lowest BCUT2D eigenvalue weighted by molar-refractivity contribution is 0.0515. The molecule has 5 nitrogen and oxygen atoms in total. The van der Waals surface area contributed by atoms with Crippen molar-refractivity contribution >= 4 is 28.6 Å². The summed E-state index contributed by atoms with van der Waals surface area (Å²) in [6.45, 7) is 5.24. The topological polar surface area (TPSA) is 65.4 Å². The molecule has 0 aliphatic carbocycles. The third kappa shape index (κ3) is 4.52. The minimum absolute atomic E-state index is 0.0859. The van der Waals surface area contributed by atoms with E-state index in [0.29, 0.717) is 11.6 Å². The third-order valence-corrected chi connectivity index (χ3v) is 4.36. The Morgan fingerprint density at radius 2 is 2.08 bits per heavy atom. The van der Waals surface area contributed by atoms with E-state index in [1.54, 1.807) is 13.0 Å². The van der Waals surface area contributed by atoms with Gasteiger partial charge >= 0.3 is 5.97 Å². The van der Waals surface area contributed by atoms with Gasteiger partial charge in [0, 0.05) is 18.7 Å². The first-order valence-electron chi connectivity index (χ1n) is 8.04. The Bertz CT molecular complexity index is 980. The molecular formula is C19H22FNO4S. The average molecular weight is 379 g/mol. The van der Waals surface area contributed by atoms with Crippen molar-refractivity contribution in [2.75, 3.05) is 6.61 Å². The van der Waals surface area contributed by atoms with Crippen molar-refractivity contribution in [3.05, 3.63) is 45.0 Å². The summed E-state index contributed by atoms with van der Waals surface area (Å²) in [5.74, 6) is 0.736. The van der Waals surface area contributed by atoms with Crippen LogP contribution < -0.4 is 10.6 Å². The van der Waals surface area contributed by atoms with Gasteiger partial charge in [0.15, 0.2) is 16.5 Å². The van der Waals surface area contributed by atoms with Gasteiger partial charge in [-0.05, 0) is 31.6 Å². The van der Waals surface area contributed by atoms with Crippen molar-refractivity contribution in [1.82, 2.24) is 4.57 Å². The monoisotopic (exact) mass is 379 g/mol. The predicted octanol–water partition coefficient (Wildman–Crippen LogP) is 1.54. The molecule has 7 heteroatoms. The first kappa shape index (κ1) is 21.5. The predicted molar refractivity (Wildman–Crippen MR) is 101 cm³/mol. The molecule has 0 atom stereocenters. The van der Waals surface area contributed by atoms with Crippen molar-refractivity contribution in [2.24, 2.45) is 7.05 Å². The summed E-state index contributed by atoms with van der Waals surface area (Å²) in [5, 5.41) is 0.555. The number of ether oxygens (including phenoxy) is 1. The highest BCUT2D eigenvalue weighted by Crippen LogP contribution is 2.21. The molecule has 0 aromatic carbocycles. The summed E-state index contributed by atoms with van der Waals surface area (Å²) in [4.78, 5) is 11.8. The van der Waals surface area contributed by atoms with E-state index < -0.39 is 22.5 Å². The van der Waals surface area contributed by atoms with E-state index in [2.05, 4.69) is 5.92 Å². The molecule has 0 radical (unpaired) electrons. The number of carbonyl (C=O) groups is 1. The number of rotatable bonds is 6. The lowest BCUT2D eigenvalue weighted by Gasteiger charge is -2.06. The van der Waals surface area contributed by atoms with Gasteiger partial charge in [-0.1, -0.05) is 25.0 Å². The average Bonchev–Trinajstić information content (AvgIpc) is 2.91. The maximum Gasteiger partial charge on any atom is 0.354 e. The van der Waals surface area contributed by atoms with Crippen molar-refractivity contribution < 1.29 is 22.3 Å². The third-order valence-electron chi connectivity index (χ3n) is 3.60. The minimum Gasteiger partial charge on any atom is -0.461 e. The molecule has 1 heterocycles. The van der Waals surface area contributed by atoms with Crippen LogP contribution in [0.1, 0.15) is 37.7 Å². The molecule has 0 bridgehead atoms. The van der Waals surface area contributed by atoms with Crippen LogP contribution in [0.3, 0.4) is 0 Å². The SMILES string of the molecule is C#C\C=C(C(=C\C)/C(F)=c1/c(=C\CC)cc(C(=O)OCC)n1C)\[SH](=O)=O. The van der Waals surface area contributed by atoms with Gasteiger partial charge in [-0.15, -0.1) is 6.42 Å². The Labute approximate surface area is 154 Å². The Balaban J connectivity index is 3.92. The summed E-state index contributed by atoms with van der Waals surface area (Å²) in [6.07, 6.45) is 9.83. The lowest BCUT2D eigenvalue weighted by atomic mass is 10.1.